The lowest BCUT2D eigenvalue weighted by Crippen LogP contribution is -2.31. The molecule has 4 aromatic rings. The van der Waals surface area contributed by atoms with Crippen molar-refractivity contribution < 1.29 is 23.0 Å². The summed E-state index contributed by atoms with van der Waals surface area (Å²) in [6.45, 7) is -0.0143. The van der Waals surface area contributed by atoms with E-state index in [0.717, 1.165) is 22.4 Å². The van der Waals surface area contributed by atoms with E-state index >= 15 is 0 Å². The third-order valence-electron chi connectivity index (χ3n) is 6.26. The highest BCUT2D eigenvalue weighted by Crippen LogP contribution is 2.40. The number of rotatable bonds is 9. The molecular formula is C30H29NO5S2. The molecule has 0 aliphatic carbocycles. The number of hydrogen-bond donors (Lipinski definition) is 2. The minimum absolute atomic E-state index is 0.0143. The van der Waals surface area contributed by atoms with Gasteiger partial charge < -0.3 is 14.6 Å². The fraction of sp³-hybridized carbons (Fsp3) is 0.200. The van der Waals surface area contributed by atoms with Gasteiger partial charge in [-0.1, -0.05) is 72.8 Å². The number of sulfonamides is 1. The van der Waals surface area contributed by atoms with Gasteiger partial charge in [0.1, 0.15) is 0 Å². The van der Waals surface area contributed by atoms with Crippen LogP contribution in [0.5, 0.6) is 0 Å². The first-order valence-corrected chi connectivity index (χ1v) is 14.8. The highest BCUT2D eigenvalue weighted by Gasteiger charge is 2.32. The number of aliphatic hydroxyl groups is 1. The molecule has 5 rings (SSSR count). The van der Waals surface area contributed by atoms with Crippen molar-refractivity contribution in [1.82, 2.24) is 0 Å². The van der Waals surface area contributed by atoms with Crippen molar-refractivity contribution in [3.63, 3.8) is 0 Å². The number of anilines is 1. The van der Waals surface area contributed by atoms with Crippen molar-refractivity contribution in [3.05, 3.63) is 126 Å². The summed E-state index contributed by atoms with van der Waals surface area (Å²) in [7, 11) is -3.73. The molecule has 1 heterocycles. The monoisotopic (exact) mass is 547 g/mol. The Hall–Kier alpha value is -3.14. The summed E-state index contributed by atoms with van der Waals surface area (Å²) in [4.78, 5) is 1.36. The minimum Gasteiger partial charge on any atom is -0.392 e. The quantitative estimate of drug-likeness (QED) is 0.239. The van der Waals surface area contributed by atoms with Gasteiger partial charge in [-0.2, -0.15) is 0 Å². The summed E-state index contributed by atoms with van der Waals surface area (Å²) in [5, 5.41) is 9.43. The van der Waals surface area contributed by atoms with Crippen molar-refractivity contribution >= 4 is 27.5 Å². The third kappa shape index (κ3) is 6.64. The number of thioether (sulfide) groups is 1. The zero-order valence-corrected chi connectivity index (χ0v) is 22.3. The first-order valence-electron chi connectivity index (χ1n) is 12.4. The van der Waals surface area contributed by atoms with Crippen molar-refractivity contribution in [1.29, 1.82) is 0 Å². The summed E-state index contributed by atoms with van der Waals surface area (Å²) < 4.78 is 41.2. The zero-order chi connectivity index (χ0) is 26.4. The van der Waals surface area contributed by atoms with Gasteiger partial charge in [-0.3, -0.25) is 4.72 Å². The van der Waals surface area contributed by atoms with E-state index < -0.39 is 16.3 Å². The molecule has 3 atom stereocenters. The van der Waals surface area contributed by atoms with E-state index in [9.17, 15) is 13.5 Å². The highest BCUT2D eigenvalue weighted by molar-refractivity contribution is 7.99. The molecule has 1 fully saturated rings. The lowest BCUT2D eigenvalue weighted by Gasteiger charge is -2.36. The maximum Gasteiger partial charge on any atom is 0.261 e. The average Bonchev–Trinajstić information content (AvgIpc) is 2.97. The van der Waals surface area contributed by atoms with Crippen LogP contribution >= 0.6 is 11.8 Å². The molecule has 4 aromatic carbocycles. The topological polar surface area (TPSA) is 84.9 Å². The van der Waals surface area contributed by atoms with E-state index in [0.29, 0.717) is 12.1 Å². The van der Waals surface area contributed by atoms with Crippen molar-refractivity contribution in [2.24, 2.45) is 0 Å². The standard InChI is InChI=1S/C30H29NO5S2/c32-20-22-14-16-23(17-15-22)29-19-26(21-37-27-10-3-1-4-11-27)35-30(36-29)24-8-7-9-25(18-24)31-38(33,34)28-12-5-2-6-13-28/h1-18,26,29-32H,19-21H2/t26-,29+,30+/m1/s1. The normalized spacial score (nSPS) is 19.7. The molecular weight excluding hydrogens is 518 g/mol. The van der Waals surface area contributed by atoms with Gasteiger partial charge in [-0.15, -0.1) is 11.8 Å². The predicted molar refractivity (Wildman–Crippen MR) is 149 cm³/mol. The number of aliphatic hydroxyl groups excluding tert-OH is 1. The average molecular weight is 548 g/mol. The molecule has 0 aromatic heterocycles. The molecule has 2 N–H and O–H groups in total. The molecule has 6 nitrogen and oxygen atoms in total. The van der Waals surface area contributed by atoms with Crippen molar-refractivity contribution in [2.75, 3.05) is 10.5 Å². The Morgan fingerprint density at radius 2 is 1.53 bits per heavy atom. The van der Waals surface area contributed by atoms with E-state index in [1.807, 2.05) is 48.5 Å². The maximum atomic E-state index is 12.9. The number of ether oxygens (including phenoxy) is 2. The summed E-state index contributed by atoms with van der Waals surface area (Å²) in [5.74, 6) is 0.745. The molecule has 38 heavy (non-hydrogen) atoms. The second-order valence-corrected chi connectivity index (χ2v) is 11.8. The van der Waals surface area contributed by atoms with E-state index in [1.54, 1.807) is 60.3 Å². The van der Waals surface area contributed by atoms with Crippen LogP contribution in [0.2, 0.25) is 0 Å². The Balaban J connectivity index is 1.37. The van der Waals surface area contributed by atoms with Crippen LogP contribution in [0.3, 0.4) is 0 Å². The molecule has 0 bridgehead atoms. The van der Waals surface area contributed by atoms with Crippen LogP contribution in [-0.2, 0) is 26.1 Å². The van der Waals surface area contributed by atoms with Crippen LogP contribution in [0, 0.1) is 0 Å². The van der Waals surface area contributed by atoms with E-state index in [2.05, 4.69) is 16.9 Å². The molecule has 196 valence electrons. The Labute approximate surface area is 227 Å². The number of hydrogen-bond acceptors (Lipinski definition) is 6. The fourth-order valence-electron chi connectivity index (χ4n) is 4.29. The van der Waals surface area contributed by atoms with Crippen LogP contribution in [-0.4, -0.2) is 25.4 Å². The molecule has 1 aliphatic heterocycles. The van der Waals surface area contributed by atoms with Crippen molar-refractivity contribution in [3.8, 4) is 0 Å². The largest absolute Gasteiger partial charge is 0.392 e. The summed E-state index contributed by atoms with van der Waals surface area (Å²) >= 11 is 1.73. The molecule has 0 radical (unpaired) electrons. The van der Waals surface area contributed by atoms with E-state index in [4.69, 9.17) is 9.47 Å². The van der Waals surface area contributed by atoms with E-state index in [1.165, 1.54) is 4.90 Å². The Kier molecular flexibility index (Phi) is 8.46. The molecule has 1 saturated heterocycles. The van der Waals surface area contributed by atoms with Gasteiger partial charge in [0, 0.05) is 28.3 Å². The molecule has 8 heteroatoms. The second-order valence-electron chi connectivity index (χ2n) is 9.02. The van der Waals surface area contributed by atoms with Crippen molar-refractivity contribution in [2.45, 2.75) is 41.3 Å². The zero-order valence-electron chi connectivity index (χ0n) is 20.6. The smallest absolute Gasteiger partial charge is 0.261 e. The van der Waals surface area contributed by atoms with Gasteiger partial charge in [0.15, 0.2) is 6.29 Å². The van der Waals surface area contributed by atoms with Gasteiger partial charge in [0.2, 0.25) is 0 Å². The summed E-state index contributed by atoms with van der Waals surface area (Å²) in [6, 6.07) is 33.3. The lowest BCUT2D eigenvalue weighted by molar-refractivity contribution is -0.245. The lowest BCUT2D eigenvalue weighted by atomic mass is 10.0. The first-order chi connectivity index (χ1) is 18.5. The van der Waals surface area contributed by atoms with Crippen LogP contribution in [0.1, 0.15) is 35.5 Å². The third-order valence-corrected chi connectivity index (χ3v) is 8.80. The van der Waals surface area contributed by atoms with Crippen LogP contribution in [0.15, 0.2) is 119 Å². The van der Waals surface area contributed by atoms with Crippen LogP contribution in [0.4, 0.5) is 5.69 Å². The molecule has 0 spiro atoms. The maximum absolute atomic E-state index is 12.9. The molecule has 1 aliphatic rings. The SMILES string of the molecule is O=S(=O)(Nc1cccc([C@H]2O[C@@H](CSc3ccccc3)C[C@@H](c3ccc(CO)cc3)O2)c1)c1ccccc1. The van der Waals surface area contributed by atoms with Gasteiger partial charge in [0.05, 0.1) is 23.7 Å². The molecule has 0 amide bonds. The molecule has 0 saturated carbocycles. The number of nitrogens with one attached hydrogen (secondary N) is 1. The Morgan fingerprint density at radius 3 is 2.24 bits per heavy atom. The first kappa shape index (κ1) is 26.5. The van der Waals surface area contributed by atoms with E-state index in [-0.39, 0.29) is 23.7 Å². The second kappa shape index (κ2) is 12.1. The van der Waals surface area contributed by atoms with Crippen LogP contribution in [0.25, 0.3) is 0 Å². The van der Waals surface area contributed by atoms with Crippen LogP contribution < -0.4 is 4.72 Å². The minimum atomic E-state index is -3.73. The van der Waals surface area contributed by atoms with Gasteiger partial charge in [0.25, 0.3) is 10.0 Å². The van der Waals surface area contributed by atoms with Gasteiger partial charge in [-0.25, -0.2) is 8.42 Å². The summed E-state index contributed by atoms with van der Waals surface area (Å²) in [5.41, 5.74) is 3.01. The predicted octanol–water partition coefficient (Wildman–Crippen LogP) is 6.32. The summed E-state index contributed by atoms with van der Waals surface area (Å²) in [6.07, 6.45) is -0.303. The Bertz CT molecular complexity index is 1430. The van der Waals surface area contributed by atoms with Gasteiger partial charge in [-0.05, 0) is 47.5 Å². The van der Waals surface area contributed by atoms with Gasteiger partial charge >= 0.3 is 0 Å². The fourth-order valence-corrected chi connectivity index (χ4v) is 6.30. The Morgan fingerprint density at radius 1 is 0.816 bits per heavy atom. The highest BCUT2D eigenvalue weighted by atomic mass is 32.2. The molecule has 0 unspecified atom stereocenters. The number of benzene rings is 4.